The zero-order chi connectivity index (χ0) is 22.5. The smallest absolute Gasteiger partial charge is 0.322 e. The van der Waals surface area contributed by atoms with E-state index in [0.29, 0.717) is 5.52 Å². The van der Waals surface area contributed by atoms with Crippen LogP contribution in [0.15, 0.2) is 53.3 Å². The number of nitrogens with zero attached hydrogens (tertiary/aromatic N) is 1. The fraction of sp³-hybridized carbons (Fsp3) is 0.143. The first-order valence-corrected chi connectivity index (χ1v) is 9.12. The molecule has 0 fully saturated rings. The molecule has 1 aromatic heterocycles. The van der Waals surface area contributed by atoms with Crippen LogP contribution in [0.2, 0.25) is 0 Å². The van der Waals surface area contributed by atoms with Crippen molar-refractivity contribution in [1.82, 2.24) is 9.88 Å². The van der Waals surface area contributed by atoms with Gasteiger partial charge in [0.25, 0.3) is 17.4 Å². The molecule has 160 valence electrons. The molecule has 0 spiro atoms. The van der Waals surface area contributed by atoms with Crippen LogP contribution in [-0.2, 0) is 16.1 Å². The van der Waals surface area contributed by atoms with Crippen LogP contribution in [0.1, 0.15) is 15.9 Å². The number of benzene rings is 2. The van der Waals surface area contributed by atoms with Crippen LogP contribution in [0.4, 0.5) is 0 Å². The van der Waals surface area contributed by atoms with Crippen molar-refractivity contribution in [1.29, 1.82) is 0 Å². The Bertz CT molecular complexity index is 1220. The third-order valence-corrected chi connectivity index (χ3v) is 4.40. The third kappa shape index (κ3) is 4.81. The Morgan fingerprint density at radius 2 is 1.81 bits per heavy atom. The van der Waals surface area contributed by atoms with E-state index in [9.17, 15) is 24.3 Å². The van der Waals surface area contributed by atoms with Crippen LogP contribution in [-0.4, -0.2) is 45.7 Å². The first-order chi connectivity index (χ1) is 14.8. The summed E-state index contributed by atoms with van der Waals surface area (Å²) in [5, 5.41) is 21.7. The fourth-order valence-corrected chi connectivity index (χ4v) is 3.04. The van der Waals surface area contributed by atoms with Gasteiger partial charge < -0.3 is 30.6 Å². The summed E-state index contributed by atoms with van der Waals surface area (Å²) in [6.07, 6.45) is 0. The van der Waals surface area contributed by atoms with Crippen molar-refractivity contribution in [3.8, 4) is 11.5 Å². The van der Waals surface area contributed by atoms with Gasteiger partial charge in [0.1, 0.15) is 23.6 Å². The van der Waals surface area contributed by atoms with Gasteiger partial charge in [-0.2, -0.15) is 0 Å². The maximum atomic E-state index is 13.1. The van der Waals surface area contributed by atoms with Crippen molar-refractivity contribution in [2.75, 3.05) is 13.2 Å². The predicted octanol–water partition coefficient (Wildman–Crippen LogP) is 0.434. The number of aromatic nitrogens is 1. The van der Waals surface area contributed by atoms with Crippen LogP contribution in [0.25, 0.3) is 10.9 Å². The second-order valence-electron chi connectivity index (χ2n) is 6.61. The third-order valence-electron chi connectivity index (χ3n) is 4.40. The number of aliphatic carboxylic acids is 1. The molecule has 2 amide bonds. The lowest BCUT2D eigenvalue weighted by molar-refractivity contribution is -0.135. The predicted molar refractivity (Wildman–Crippen MR) is 110 cm³/mol. The van der Waals surface area contributed by atoms with Crippen LogP contribution < -0.4 is 21.3 Å². The fourth-order valence-electron chi connectivity index (χ4n) is 3.04. The molecule has 1 heterocycles. The number of carboxylic acids is 1. The van der Waals surface area contributed by atoms with Crippen molar-refractivity contribution in [2.24, 2.45) is 5.73 Å². The van der Waals surface area contributed by atoms with E-state index in [1.807, 2.05) is 6.07 Å². The Balaban J connectivity index is 2.18. The Morgan fingerprint density at radius 1 is 1.10 bits per heavy atom. The van der Waals surface area contributed by atoms with E-state index in [1.165, 1.54) is 22.8 Å². The molecule has 3 rings (SSSR count). The molecular formula is C21H19N3O7. The number of fused-ring (bicyclic) bond motifs is 1. The number of primary amides is 1. The Morgan fingerprint density at radius 3 is 2.45 bits per heavy atom. The van der Waals surface area contributed by atoms with Gasteiger partial charge in [0, 0.05) is 5.39 Å². The summed E-state index contributed by atoms with van der Waals surface area (Å²) < 4.78 is 6.54. The summed E-state index contributed by atoms with van der Waals surface area (Å²) in [5.74, 6) is -3.48. The molecular weight excluding hydrogens is 406 g/mol. The largest absolute Gasteiger partial charge is 0.506 e. The van der Waals surface area contributed by atoms with E-state index in [2.05, 4.69) is 5.32 Å². The average molecular weight is 425 g/mol. The zero-order valence-corrected chi connectivity index (χ0v) is 16.2. The summed E-state index contributed by atoms with van der Waals surface area (Å²) in [6, 6.07) is 13.3. The highest BCUT2D eigenvalue weighted by molar-refractivity contribution is 6.03. The van der Waals surface area contributed by atoms with E-state index in [1.54, 1.807) is 24.3 Å². The molecule has 0 aliphatic heterocycles. The number of hydrogen-bond acceptors (Lipinski definition) is 6. The molecule has 2 aromatic carbocycles. The van der Waals surface area contributed by atoms with Crippen molar-refractivity contribution >= 4 is 28.7 Å². The molecule has 0 atom stereocenters. The topological polar surface area (TPSA) is 161 Å². The monoisotopic (exact) mass is 425 g/mol. The molecule has 0 radical (unpaired) electrons. The highest BCUT2D eigenvalue weighted by Gasteiger charge is 2.23. The Hall–Kier alpha value is -4.34. The summed E-state index contributed by atoms with van der Waals surface area (Å²) in [5.41, 5.74) is 4.76. The maximum Gasteiger partial charge on any atom is 0.322 e. The number of hydrogen-bond donors (Lipinski definition) is 4. The van der Waals surface area contributed by atoms with E-state index in [0.717, 1.165) is 5.56 Å². The normalized spacial score (nSPS) is 10.6. The molecule has 10 heteroatoms. The van der Waals surface area contributed by atoms with Crippen molar-refractivity contribution in [3.05, 3.63) is 70.0 Å². The Kier molecular flexibility index (Phi) is 6.20. The van der Waals surface area contributed by atoms with Crippen molar-refractivity contribution < 1.29 is 29.3 Å². The molecule has 0 aliphatic rings. The van der Waals surface area contributed by atoms with Gasteiger partial charge in [-0.3, -0.25) is 19.2 Å². The van der Waals surface area contributed by atoms with Crippen molar-refractivity contribution in [2.45, 2.75) is 6.54 Å². The summed E-state index contributed by atoms with van der Waals surface area (Å²) in [7, 11) is 0. The zero-order valence-electron chi connectivity index (χ0n) is 16.2. The molecule has 0 bridgehead atoms. The number of carbonyl (C=O) groups is 3. The number of ether oxygens (including phenoxy) is 1. The molecule has 0 aliphatic carbocycles. The quantitative estimate of drug-likeness (QED) is 0.407. The second kappa shape index (κ2) is 8.99. The molecule has 10 nitrogen and oxygen atoms in total. The van der Waals surface area contributed by atoms with Crippen LogP contribution >= 0.6 is 0 Å². The van der Waals surface area contributed by atoms with Gasteiger partial charge in [-0.05, 0) is 23.8 Å². The lowest BCUT2D eigenvalue weighted by Crippen LogP contribution is -2.36. The molecule has 0 unspecified atom stereocenters. The van der Waals surface area contributed by atoms with Crippen LogP contribution in [0, 0.1) is 0 Å². The minimum absolute atomic E-state index is 0.0944. The van der Waals surface area contributed by atoms with Gasteiger partial charge in [0.2, 0.25) is 0 Å². The number of amides is 2. The highest BCUT2D eigenvalue weighted by atomic mass is 16.5. The van der Waals surface area contributed by atoms with Gasteiger partial charge >= 0.3 is 5.97 Å². The average Bonchev–Trinajstić information content (AvgIpc) is 2.74. The number of carbonyl (C=O) groups excluding carboxylic acids is 2. The van der Waals surface area contributed by atoms with E-state index >= 15 is 0 Å². The van der Waals surface area contributed by atoms with Gasteiger partial charge in [-0.1, -0.05) is 30.3 Å². The molecule has 0 saturated heterocycles. The molecule has 5 N–H and O–H groups in total. The maximum absolute atomic E-state index is 13.1. The number of nitrogens with two attached hydrogens (primary N) is 1. The second-order valence-corrected chi connectivity index (χ2v) is 6.61. The van der Waals surface area contributed by atoms with E-state index in [4.69, 9.17) is 15.6 Å². The SMILES string of the molecule is NC(=O)COc1ccc2c(c1)c(O)c(C(=O)NCC(=O)O)c(=O)n2Cc1ccccc1. The van der Waals surface area contributed by atoms with Crippen LogP contribution in [0.5, 0.6) is 11.5 Å². The number of carboxylic acid groups (broad SMARTS) is 1. The van der Waals surface area contributed by atoms with E-state index < -0.39 is 47.8 Å². The van der Waals surface area contributed by atoms with Crippen molar-refractivity contribution in [3.63, 3.8) is 0 Å². The first-order valence-electron chi connectivity index (χ1n) is 9.12. The summed E-state index contributed by atoms with van der Waals surface area (Å²) in [4.78, 5) is 47.4. The van der Waals surface area contributed by atoms with Gasteiger partial charge in [0.15, 0.2) is 6.61 Å². The minimum Gasteiger partial charge on any atom is -0.506 e. The van der Waals surface area contributed by atoms with Gasteiger partial charge in [-0.25, -0.2) is 0 Å². The van der Waals surface area contributed by atoms with E-state index in [-0.39, 0.29) is 17.7 Å². The van der Waals surface area contributed by atoms with Gasteiger partial charge in [0.05, 0.1) is 12.1 Å². The molecule has 3 aromatic rings. The number of pyridine rings is 1. The summed E-state index contributed by atoms with van der Waals surface area (Å²) in [6.45, 7) is -1.03. The lowest BCUT2D eigenvalue weighted by Gasteiger charge is -2.16. The Labute approximate surface area is 175 Å². The van der Waals surface area contributed by atoms with Gasteiger partial charge in [-0.15, -0.1) is 0 Å². The lowest BCUT2D eigenvalue weighted by atomic mass is 10.1. The highest BCUT2D eigenvalue weighted by Crippen LogP contribution is 2.30. The number of nitrogens with one attached hydrogen (secondary N) is 1. The number of aromatic hydroxyl groups is 1. The molecule has 0 saturated carbocycles. The number of rotatable bonds is 8. The molecule has 31 heavy (non-hydrogen) atoms. The summed E-state index contributed by atoms with van der Waals surface area (Å²) >= 11 is 0. The minimum atomic E-state index is -1.31. The first kappa shape index (κ1) is 21.4. The van der Waals surface area contributed by atoms with Crippen LogP contribution in [0.3, 0.4) is 0 Å². The standard InChI is InChI=1S/C21H19N3O7/c22-16(25)11-31-13-6-7-15-14(8-13)19(28)18(20(29)23-9-17(26)27)21(30)24(15)10-12-4-2-1-3-5-12/h1-8,28H,9-11H2,(H2,22,25)(H,23,29)(H,26,27).